The minimum absolute atomic E-state index is 0.118. The van der Waals surface area contributed by atoms with Gasteiger partial charge in [0.15, 0.2) is 0 Å². The maximum Gasteiger partial charge on any atom is 0.225 e. The van der Waals surface area contributed by atoms with Crippen molar-refractivity contribution in [3.8, 4) is 0 Å². The maximum absolute atomic E-state index is 4.70. The Morgan fingerprint density at radius 3 is 2.55 bits per heavy atom. The van der Waals surface area contributed by atoms with Crippen LogP contribution in [-0.4, -0.2) is 28.6 Å². The number of hydrogen-bond acceptors (Lipinski definition) is 4. The van der Waals surface area contributed by atoms with Gasteiger partial charge in [0.1, 0.15) is 0 Å². The van der Waals surface area contributed by atoms with Gasteiger partial charge in [-0.3, -0.25) is 0 Å². The summed E-state index contributed by atoms with van der Waals surface area (Å²) in [5.74, 6) is 1.75. The number of nitrogens with zero attached hydrogens (tertiary/aromatic N) is 3. The van der Waals surface area contributed by atoms with Gasteiger partial charge in [-0.1, -0.05) is 0 Å². The van der Waals surface area contributed by atoms with Crippen molar-refractivity contribution in [1.82, 2.24) is 15.3 Å². The summed E-state index contributed by atoms with van der Waals surface area (Å²) in [5, 5.41) is 3.49. The molecule has 0 radical (unpaired) electrons. The Balaban J connectivity index is 2.03. The Bertz CT molecular complexity index is 446. The van der Waals surface area contributed by atoms with E-state index >= 15 is 0 Å². The zero-order valence-electron chi connectivity index (χ0n) is 13.5. The van der Waals surface area contributed by atoms with E-state index in [0.717, 1.165) is 37.2 Å². The molecule has 2 rings (SSSR count). The predicted octanol–water partition coefficient (Wildman–Crippen LogP) is 2.91. The summed E-state index contributed by atoms with van der Waals surface area (Å²) in [6.45, 7) is 13.7. The van der Waals surface area contributed by atoms with Crippen molar-refractivity contribution >= 4 is 5.95 Å². The van der Waals surface area contributed by atoms with Gasteiger partial charge in [-0.15, -0.1) is 0 Å². The molecule has 4 heteroatoms. The quantitative estimate of drug-likeness (QED) is 0.867. The monoisotopic (exact) mass is 276 g/mol. The van der Waals surface area contributed by atoms with Crippen LogP contribution in [0, 0.1) is 12.8 Å². The maximum atomic E-state index is 4.70. The molecule has 0 amide bonds. The van der Waals surface area contributed by atoms with Gasteiger partial charge in [-0.05, 0) is 53.4 Å². The molecule has 1 aromatic heterocycles. The molecule has 0 spiro atoms. The van der Waals surface area contributed by atoms with Crippen LogP contribution in [-0.2, 0) is 6.54 Å². The highest BCUT2D eigenvalue weighted by Gasteiger charge is 2.25. The number of aryl methyl sites for hydroxylation is 1. The smallest absolute Gasteiger partial charge is 0.225 e. The second kappa shape index (κ2) is 6.08. The van der Waals surface area contributed by atoms with E-state index in [-0.39, 0.29) is 5.54 Å². The zero-order chi connectivity index (χ0) is 14.8. The fourth-order valence-electron chi connectivity index (χ4n) is 2.13. The lowest BCUT2D eigenvalue weighted by Crippen LogP contribution is -2.35. The third-order valence-corrected chi connectivity index (χ3v) is 3.72. The normalized spacial score (nSPS) is 15.4. The molecule has 1 fully saturated rings. The van der Waals surface area contributed by atoms with Crippen LogP contribution in [0.1, 0.15) is 51.8 Å². The summed E-state index contributed by atoms with van der Waals surface area (Å²) < 4.78 is 0. The lowest BCUT2D eigenvalue weighted by atomic mass is 10.1. The van der Waals surface area contributed by atoms with Gasteiger partial charge < -0.3 is 10.2 Å². The second-order valence-electron chi connectivity index (χ2n) is 6.87. The zero-order valence-corrected chi connectivity index (χ0v) is 13.5. The van der Waals surface area contributed by atoms with Crippen LogP contribution in [0.5, 0.6) is 0 Å². The predicted molar refractivity (Wildman–Crippen MR) is 84.0 cm³/mol. The first-order valence-corrected chi connectivity index (χ1v) is 7.71. The van der Waals surface area contributed by atoms with Crippen molar-refractivity contribution in [2.75, 3.05) is 18.0 Å². The number of rotatable bonds is 6. The minimum Gasteiger partial charge on any atom is -0.341 e. The number of hydrogen-bond donors (Lipinski definition) is 1. The van der Waals surface area contributed by atoms with Crippen molar-refractivity contribution in [2.24, 2.45) is 5.92 Å². The van der Waals surface area contributed by atoms with Crippen LogP contribution < -0.4 is 10.2 Å². The summed E-state index contributed by atoms with van der Waals surface area (Å²) >= 11 is 0. The molecule has 0 bridgehead atoms. The van der Waals surface area contributed by atoms with E-state index in [2.05, 4.69) is 49.8 Å². The molecule has 1 aromatic rings. The van der Waals surface area contributed by atoms with E-state index in [1.807, 2.05) is 6.20 Å². The fraction of sp³-hybridized carbons (Fsp3) is 0.750. The molecule has 112 valence electrons. The summed E-state index contributed by atoms with van der Waals surface area (Å²) in [4.78, 5) is 11.6. The van der Waals surface area contributed by atoms with Crippen LogP contribution in [0.15, 0.2) is 6.20 Å². The second-order valence-corrected chi connectivity index (χ2v) is 6.87. The lowest BCUT2D eigenvalue weighted by molar-refractivity contribution is 0.423. The number of anilines is 1. The van der Waals surface area contributed by atoms with E-state index in [9.17, 15) is 0 Å². The average Bonchev–Trinajstić information content (AvgIpc) is 3.17. The molecule has 1 heterocycles. The SMILES string of the molecule is CCN(CC1CC1)c1ncc(CNC(C)(C)C)c(C)n1. The van der Waals surface area contributed by atoms with E-state index in [4.69, 9.17) is 4.98 Å². The molecule has 0 unspecified atom stereocenters. The molecule has 4 nitrogen and oxygen atoms in total. The minimum atomic E-state index is 0.118. The Labute approximate surface area is 123 Å². The third-order valence-electron chi connectivity index (χ3n) is 3.72. The van der Waals surface area contributed by atoms with Crippen molar-refractivity contribution in [3.05, 3.63) is 17.5 Å². The third kappa shape index (κ3) is 4.44. The van der Waals surface area contributed by atoms with Crippen molar-refractivity contribution < 1.29 is 0 Å². The fourth-order valence-corrected chi connectivity index (χ4v) is 2.13. The molecule has 0 aromatic carbocycles. The molecular weight excluding hydrogens is 248 g/mol. The van der Waals surface area contributed by atoms with Crippen molar-refractivity contribution in [3.63, 3.8) is 0 Å². The Kier molecular flexibility index (Phi) is 4.63. The van der Waals surface area contributed by atoms with E-state index in [1.54, 1.807) is 0 Å². The Morgan fingerprint density at radius 1 is 1.35 bits per heavy atom. The molecule has 1 N–H and O–H groups in total. The van der Waals surface area contributed by atoms with E-state index < -0.39 is 0 Å². The summed E-state index contributed by atoms with van der Waals surface area (Å²) in [6, 6.07) is 0. The summed E-state index contributed by atoms with van der Waals surface area (Å²) in [7, 11) is 0. The Hall–Kier alpha value is -1.16. The lowest BCUT2D eigenvalue weighted by Gasteiger charge is -2.23. The average molecular weight is 276 g/mol. The number of nitrogens with one attached hydrogen (secondary N) is 1. The van der Waals surface area contributed by atoms with Crippen LogP contribution in [0.2, 0.25) is 0 Å². The molecule has 0 aliphatic heterocycles. The van der Waals surface area contributed by atoms with Gasteiger partial charge in [0, 0.05) is 42.6 Å². The highest BCUT2D eigenvalue weighted by Crippen LogP contribution is 2.30. The summed E-state index contributed by atoms with van der Waals surface area (Å²) in [5.41, 5.74) is 2.39. The first-order valence-electron chi connectivity index (χ1n) is 7.71. The molecule has 1 aliphatic carbocycles. The van der Waals surface area contributed by atoms with Gasteiger partial charge in [0.2, 0.25) is 5.95 Å². The largest absolute Gasteiger partial charge is 0.341 e. The first kappa shape index (κ1) is 15.2. The van der Waals surface area contributed by atoms with Crippen LogP contribution in [0.4, 0.5) is 5.95 Å². The molecule has 0 atom stereocenters. The molecule has 0 saturated heterocycles. The standard InChI is InChI=1S/C16H28N4/c1-6-20(11-13-7-8-13)15-17-9-14(12(2)19-15)10-18-16(3,4)5/h9,13,18H,6-8,10-11H2,1-5H3. The summed E-state index contributed by atoms with van der Waals surface area (Å²) in [6.07, 6.45) is 4.71. The van der Waals surface area contributed by atoms with Crippen LogP contribution in [0.3, 0.4) is 0 Å². The van der Waals surface area contributed by atoms with Crippen molar-refractivity contribution in [1.29, 1.82) is 0 Å². The first-order chi connectivity index (χ1) is 9.39. The topological polar surface area (TPSA) is 41.1 Å². The van der Waals surface area contributed by atoms with Crippen LogP contribution >= 0.6 is 0 Å². The molecule has 1 saturated carbocycles. The number of aromatic nitrogens is 2. The van der Waals surface area contributed by atoms with E-state index in [1.165, 1.54) is 18.4 Å². The van der Waals surface area contributed by atoms with Gasteiger partial charge in [-0.2, -0.15) is 0 Å². The molecule has 20 heavy (non-hydrogen) atoms. The highest BCUT2D eigenvalue weighted by atomic mass is 15.2. The van der Waals surface area contributed by atoms with Gasteiger partial charge in [-0.25, -0.2) is 9.97 Å². The van der Waals surface area contributed by atoms with Gasteiger partial charge in [0.25, 0.3) is 0 Å². The van der Waals surface area contributed by atoms with Gasteiger partial charge >= 0.3 is 0 Å². The molecular formula is C16H28N4. The van der Waals surface area contributed by atoms with Gasteiger partial charge in [0.05, 0.1) is 0 Å². The van der Waals surface area contributed by atoms with Crippen molar-refractivity contribution in [2.45, 2.75) is 59.5 Å². The van der Waals surface area contributed by atoms with E-state index in [0.29, 0.717) is 0 Å². The molecule has 1 aliphatic rings. The highest BCUT2D eigenvalue weighted by molar-refractivity contribution is 5.33. The van der Waals surface area contributed by atoms with Crippen LogP contribution in [0.25, 0.3) is 0 Å². The Morgan fingerprint density at radius 2 is 2.05 bits per heavy atom.